The van der Waals surface area contributed by atoms with Gasteiger partial charge in [-0.25, -0.2) is 4.68 Å². The predicted molar refractivity (Wildman–Crippen MR) is 89.5 cm³/mol. The number of rotatable bonds is 4. The molecule has 2 N–H and O–H groups in total. The number of halogens is 1. The number of aromatic nitrogens is 3. The highest BCUT2D eigenvalue weighted by Crippen LogP contribution is 2.33. The first-order valence-corrected chi connectivity index (χ1v) is 8.62. The largest absolute Gasteiger partial charge is 0.381 e. The Bertz CT molecular complexity index is 642. The molecule has 3 rings (SSSR count). The summed E-state index contributed by atoms with van der Waals surface area (Å²) in [7, 11) is 0. The van der Waals surface area contributed by atoms with Gasteiger partial charge in [0.1, 0.15) is 0 Å². The molecule has 5 nitrogen and oxygen atoms in total. The van der Waals surface area contributed by atoms with Crippen molar-refractivity contribution in [2.24, 2.45) is 5.92 Å². The summed E-state index contributed by atoms with van der Waals surface area (Å²) < 4.78 is 6.95. The van der Waals surface area contributed by atoms with Crippen LogP contribution in [0.15, 0.2) is 29.4 Å². The summed E-state index contributed by atoms with van der Waals surface area (Å²) in [5.41, 5.74) is 0.796. The quantitative estimate of drug-likeness (QED) is 0.685. The molecule has 1 aliphatic rings. The van der Waals surface area contributed by atoms with E-state index in [1.54, 1.807) is 11.8 Å². The maximum atomic E-state index is 6.21. The number of nitrogens with zero attached hydrogens (tertiary/aromatic N) is 3. The smallest absolute Gasteiger partial charge is 0.210 e. The highest BCUT2D eigenvalue weighted by atomic mass is 35.5. The molecule has 1 unspecified atom stereocenters. The summed E-state index contributed by atoms with van der Waals surface area (Å²) in [5, 5.41) is 10.2. The number of nitrogen functional groups attached to an aromatic ring is 1. The Labute approximate surface area is 139 Å². The third-order valence-corrected chi connectivity index (χ3v) is 5.58. The van der Waals surface area contributed by atoms with Crippen LogP contribution in [0.2, 0.25) is 5.02 Å². The van der Waals surface area contributed by atoms with Gasteiger partial charge < -0.3 is 10.6 Å². The fourth-order valence-corrected chi connectivity index (χ4v) is 3.94. The lowest BCUT2D eigenvalue weighted by molar-refractivity contribution is 0.0669. The molecule has 1 aromatic carbocycles. The zero-order valence-electron chi connectivity index (χ0n) is 12.4. The first-order chi connectivity index (χ1) is 10.7. The third-order valence-electron chi connectivity index (χ3n) is 4.00. The van der Waals surface area contributed by atoms with E-state index < -0.39 is 0 Å². The maximum Gasteiger partial charge on any atom is 0.210 e. The molecule has 0 radical (unpaired) electrons. The molecule has 0 spiro atoms. The van der Waals surface area contributed by atoms with Gasteiger partial charge in [0.25, 0.3) is 0 Å². The van der Waals surface area contributed by atoms with E-state index >= 15 is 0 Å². The minimum absolute atomic E-state index is 0.425. The number of benzene rings is 1. The van der Waals surface area contributed by atoms with Gasteiger partial charge in [-0.05, 0) is 30.9 Å². The first-order valence-electron chi connectivity index (χ1n) is 7.36. The van der Waals surface area contributed by atoms with E-state index in [-0.39, 0.29) is 0 Å². The van der Waals surface area contributed by atoms with E-state index in [9.17, 15) is 0 Å². The Hall–Kier alpha value is -1.24. The van der Waals surface area contributed by atoms with Crippen molar-refractivity contribution in [2.75, 3.05) is 19.1 Å². The number of thioether (sulfide) groups is 1. The van der Waals surface area contributed by atoms with Crippen LogP contribution in [0.1, 0.15) is 19.8 Å². The van der Waals surface area contributed by atoms with E-state index in [4.69, 9.17) is 22.2 Å². The molecule has 0 bridgehead atoms. The molecule has 2 heterocycles. The maximum absolute atomic E-state index is 6.21. The Morgan fingerprint density at radius 2 is 2.05 bits per heavy atom. The van der Waals surface area contributed by atoms with E-state index in [0.29, 0.717) is 27.2 Å². The van der Waals surface area contributed by atoms with E-state index in [1.807, 2.05) is 24.3 Å². The van der Waals surface area contributed by atoms with E-state index in [0.717, 1.165) is 31.6 Å². The molecule has 1 aliphatic heterocycles. The van der Waals surface area contributed by atoms with Crippen molar-refractivity contribution in [2.45, 2.75) is 30.2 Å². The Balaban J connectivity index is 1.77. The number of hydrogen-bond donors (Lipinski definition) is 1. The zero-order valence-corrected chi connectivity index (χ0v) is 14.0. The molecule has 1 fully saturated rings. The minimum atomic E-state index is 0.425. The topological polar surface area (TPSA) is 66.0 Å². The minimum Gasteiger partial charge on any atom is -0.381 e. The Morgan fingerprint density at radius 1 is 1.32 bits per heavy atom. The molecule has 22 heavy (non-hydrogen) atoms. The highest BCUT2D eigenvalue weighted by molar-refractivity contribution is 7.99. The second-order valence-corrected chi connectivity index (χ2v) is 7.18. The van der Waals surface area contributed by atoms with Crippen LogP contribution in [0.4, 0.5) is 0 Å². The average molecular weight is 339 g/mol. The van der Waals surface area contributed by atoms with Gasteiger partial charge in [-0.1, -0.05) is 42.4 Å². The second kappa shape index (κ2) is 6.89. The van der Waals surface area contributed by atoms with Crippen LogP contribution in [0.3, 0.4) is 0 Å². The van der Waals surface area contributed by atoms with Crippen LogP contribution in [0, 0.1) is 5.92 Å². The zero-order chi connectivity index (χ0) is 15.5. The van der Waals surface area contributed by atoms with Crippen LogP contribution < -0.4 is 5.84 Å². The van der Waals surface area contributed by atoms with Crippen LogP contribution in [0.25, 0.3) is 11.4 Å². The summed E-state index contributed by atoms with van der Waals surface area (Å²) in [6.45, 7) is 3.90. The van der Waals surface area contributed by atoms with Gasteiger partial charge in [0, 0.05) is 24.0 Å². The van der Waals surface area contributed by atoms with Crippen LogP contribution in [-0.4, -0.2) is 33.3 Å². The molecule has 7 heteroatoms. The van der Waals surface area contributed by atoms with Gasteiger partial charge in [0.05, 0.1) is 5.02 Å². The van der Waals surface area contributed by atoms with Crippen molar-refractivity contribution in [3.8, 4) is 11.4 Å². The van der Waals surface area contributed by atoms with Crippen molar-refractivity contribution < 1.29 is 4.74 Å². The van der Waals surface area contributed by atoms with E-state index in [1.165, 1.54) is 4.68 Å². The van der Waals surface area contributed by atoms with Gasteiger partial charge in [0.15, 0.2) is 5.82 Å². The first kappa shape index (κ1) is 15.6. The summed E-state index contributed by atoms with van der Waals surface area (Å²) in [5.74, 6) is 7.38. The van der Waals surface area contributed by atoms with Gasteiger partial charge in [-0.15, -0.1) is 10.2 Å². The molecular weight excluding hydrogens is 320 g/mol. The van der Waals surface area contributed by atoms with Gasteiger partial charge in [0.2, 0.25) is 5.16 Å². The average Bonchev–Trinajstić information content (AvgIpc) is 2.90. The molecule has 1 aromatic heterocycles. The fourth-order valence-electron chi connectivity index (χ4n) is 2.63. The van der Waals surface area contributed by atoms with Crippen LogP contribution >= 0.6 is 23.4 Å². The normalized spacial score (nSPS) is 17.5. The van der Waals surface area contributed by atoms with Crippen molar-refractivity contribution in [3.05, 3.63) is 29.3 Å². The molecule has 118 valence electrons. The molecule has 0 amide bonds. The summed E-state index contributed by atoms with van der Waals surface area (Å²) in [4.78, 5) is 0. The summed E-state index contributed by atoms with van der Waals surface area (Å²) in [6.07, 6.45) is 2.18. The SMILES string of the molecule is CC(Sc1nnc(-c2ccccc2Cl)n1N)C1CCOCC1. The molecule has 0 aliphatic carbocycles. The predicted octanol–water partition coefficient (Wildman–Crippen LogP) is 3.22. The third kappa shape index (κ3) is 3.24. The lowest BCUT2D eigenvalue weighted by atomic mass is 9.97. The van der Waals surface area contributed by atoms with Crippen molar-refractivity contribution >= 4 is 23.4 Å². The summed E-state index contributed by atoms with van der Waals surface area (Å²) >= 11 is 7.87. The lowest BCUT2D eigenvalue weighted by Crippen LogP contribution is -2.24. The fraction of sp³-hybridized carbons (Fsp3) is 0.467. The van der Waals surface area contributed by atoms with Gasteiger partial charge >= 0.3 is 0 Å². The summed E-state index contributed by atoms with van der Waals surface area (Å²) in [6, 6.07) is 7.51. The highest BCUT2D eigenvalue weighted by Gasteiger charge is 2.24. The number of hydrogen-bond acceptors (Lipinski definition) is 5. The lowest BCUT2D eigenvalue weighted by Gasteiger charge is -2.26. The molecular formula is C15H19ClN4OS. The van der Waals surface area contributed by atoms with Crippen molar-refractivity contribution in [3.63, 3.8) is 0 Å². The molecule has 2 aromatic rings. The van der Waals surface area contributed by atoms with Gasteiger partial charge in [-0.2, -0.15) is 0 Å². The Kier molecular flexibility index (Phi) is 4.90. The van der Waals surface area contributed by atoms with Gasteiger partial charge in [-0.3, -0.25) is 0 Å². The molecule has 0 saturated carbocycles. The Morgan fingerprint density at radius 3 is 2.77 bits per heavy atom. The molecule has 1 saturated heterocycles. The standard InChI is InChI=1S/C15H19ClN4OS/c1-10(11-6-8-21-9-7-11)22-15-19-18-14(20(15)17)12-4-2-3-5-13(12)16/h2-5,10-11H,6-9,17H2,1H3. The van der Waals surface area contributed by atoms with Crippen LogP contribution in [-0.2, 0) is 4.74 Å². The van der Waals surface area contributed by atoms with Crippen molar-refractivity contribution in [1.29, 1.82) is 0 Å². The monoisotopic (exact) mass is 338 g/mol. The number of nitrogens with two attached hydrogens (primary N) is 1. The van der Waals surface area contributed by atoms with Crippen LogP contribution in [0.5, 0.6) is 0 Å². The van der Waals surface area contributed by atoms with Crippen molar-refractivity contribution in [1.82, 2.24) is 14.9 Å². The van der Waals surface area contributed by atoms with E-state index in [2.05, 4.69) is 17.1 Å². The number of ether oxygens (including phenoxy) is 1. The molecule has 1 atom stereocenters. The second-order valence-electron chi connectivity index (χ2n) is 5.43.